The van der Waals surface area contributed by atoms with Crippen LogP contribution in [0.5, 0.6) is 11.5 Å². The van der Waals surface area contributed by atoms with Gasteiger partial charge in [0, 0.05) is 18.8 Å². The number of aromatic nitrogens is 2. The van der Waals surface area contributed by atoms with Crippen LogP contribution in [0.2, 0.25) is 0 Å². The lowest BCUT2D eigenvalue weighted by Gasteiger charge is -2.17. The van der Waals surface area contributed by atoms with Crippen molar-refractivity contribution in [2.75, 3.05) is 7.11 Å². The maximum Gasteiger partial charge on any atom is 0.251 e. The van der Waals surface area contributed by atoms with E-state index in [0.29, 0.717) is 11.3 Å². The third-order valence-electron chi connectivity index (χ3n) is 4.07. The smallest absolute Gasteiger partial charge is 0.251 e. The van der Waals surface area contributed by atoms with E-state index in [9.17, 15) is 4.79 Å². The van der Waals surface area contributed by atoms with Crippen LogP contribution in [0.1, 0.15) is 31.2 Å². The number of rotatable bonds is 5. The number of H-pyrrole nitrogens is 1. The predicted octanol–water partition coefficient (Wildman–Crippen LogP) is 3.28. The highest BCUT2D eigenvalue weighted by atomic mass is 32.1. The molecule has 0 unspecified atom stereocenters. The minimum Gasteiger partial charge on any atom is -0.493 e. The minimum atomic E-state index is -0.189. The summed E-state index contributed by atoms with van der Waals surface area (Å²) in [4.78, 5) is 13.9. The van der Waals surface area contributed by atoms with Crippen molar-refractivity contribution in [3.8, 4) is 11.5 Å². The molecular weight excluding hydrogens is 312 g/mol. The van der Waals surface area contributed by atoms with Crippen LogP contribution >= 0.6 is 12.2 Å². The molecule has 0 amide bonds. The highest BCUT2D eigenvalue weighted by Gasteiger charge is 2.18. The molecule has 1 aromatic carbocycles. The molecule has 1 aromatic heterocycles. The maximum atomic E-state index is 11.3. The Morgan fingerprint density at radius 3 is 2.74 bits per heavy atom. The Bertz CT molecular complexity index is 791. The molecular formula is C17H20N2O3S. The van der Waals surface area contributed by atoms with Gasteiger partial charge in [-0.05, 0) is 55.6 Å². The molecule has 2 aromatic rings. The number of benzene rings is 1. The first-order valence-corrected chi connectivity index (χ1v) is 8.20. The summed E-state index contributed by atoms with van der Waals surface area (Å²) in [6.45, 7) is 0.570. The average molecular weight is 332 g/mol. The lowest BCUT2D eigenvalue weighted by molar-refractivity contribution is 0.200. The number of nitrogens with one attached hydrogen (secondary N) is 1. The molecule has 1 aliphatic carbocycles. The van der Waals surface area contributed by atoms with Gasteiger partial charge >= 0.3 is 0 Å². The van der Waals surface area contributed by atoms with Crippen molar-refractivity contribution >= 4 is 12.2 Å². The third-order valence-corrected chi connectivity index (χ3v) is 4.41. The van der Waals surface area contributed by atoms with Gasteiger partial charge < -0.3 is 14.0 Å². The van der Waals surface area contributed by atoms with Crippen molar-refractivity contribution in [1.82, 2.24) is 9.55 Å². The lowest BCUT2D eigenvalue weighted by atomic mass is 10.2. The molecule has 0 saturated heterocycles. The fourth-order valence-corrected chi connectivity index (χ4v) is 3.09. The van der Waals surface area contributed by atoms with Crippen LogP contribution in [-0.2, 0) is 6.54 Å². The fraction of sp³-hybridized carbons (Fsp3) is 0.412. The fourth-order valence-electron chi connectivity index (χ4n) is 2.86. The van der Waals surface area contributed by atoms with Crippen molar-refractivity contribution in [3.63, 3.8) is 0 Å². The van der Waals surface area contributed by atoms with E-state index < -0.39 is 0 Å². The largest absolute Gasteiger partial charge is 0.493 e. The van der Waals surface area contributed by atoms with Crippen LogP contribution in [0, 0.1) is 4.77 Å². The molecule has 5 nitrogen and oxygen atoms in total. The Labute approximate surface area is 139 Å². The molecule has 6 heteroatoms. The second kappa shape index (κ2) is 7.00. The summed E-state index contributed by atoms with van der Waals surface area (Å²) >= 11 is 5.19. The van der Waals surface area contributed by atoms with E-state index >= 15 is 0 Å². The maximum absolute atomic E-state index is 11.3. The second-order valence-corrected chi connectivity index (χ2v) is 6.13. The normalized spacial score (nSPS) is 14.8. The van der Waals surface area contributed by atoms with Gasteiger partial charge in [-0.25, -0.2) is 0 Å². The van der Waals surface area contributed by atoms with Crippen LogP contribution in [0.15, 0.2) is 35.3 Å². The molecule has 3 rings (SSSR count). The summed E-state index contributed by atoms with van der Waals surface area (Å²) in [7, 11) is 1.65. The van der Waals surface area contributed by atoms with Crippen molar-refractivity contribution in [1.29, 1.82) is 0 Å². The summed E-state index contributed by atoms with van der Waals surface area (Å²) in [6, 6.07) is 7.35. The van der Waals surface area contributed by atoms with Crippen molar-refractivity contribution in [2.45, 2.75) is 38.3 Å². The molecule has 0 atom stereocenters. The molecule has 0 spiro atoms. The van der Waals surface area contributed by atoms with E-state index in [2.05, 4.69) is 4.98 Å². The molecule has 0 aliphatic heterocycles. The van der Waals surface area contributed by atoms with Crippen LogP contribution in [0.3, 0.4) is 0 Å². The molecule has 0 radical (unpaired) electrons. The first kappa shape index (κ1) is 15.8. The van der Waals surface area contributed by atoms with Gasteiger partial charge in [0.2, 0.25) is 0 Å². The van der Waals surface area contributed by atoms with Gasteiger partial charge in [0.25, 0.3) is 5.56 Å². The number of hydrogen-bond donors (Lipinski definition) is 1. The Kier molecular flexibility index (Phi) is 4.81. The number of methoxy groups -OCH3 is 1. The molecule has 1 N–H and O–H groups in total. The van der Waals surface area contributed by atoms with Crippen molar-refractivity contribution in [3.05, 3.63) is 51.2 Å². The van der Waals surface area contributed by atoms with E-state index in [-0.39, 0.29) is 11.7 Å². The number of aromatic amines is 1. The Hall–Kier alpha value is -2.08. The zero-order valence-electron chi connectivity index (χ0n) is 13.1. The SMILES string of the molecule is COc1ccc(Cn2ccc(=O)[nH]c2=S)cc1OC1CCCC1. The van der Waals surface area contributed by atoms with Gasteiger partial charge in [0.1, 0.15) is 0 Å². The van der Waals surface area contributed by atoms with Crippen molar-refractivity contribution < 1.29 is 9.47 Å². The number of nitrogens with zero attached hydrogens (tertiary/aromatic N) is 1. The van der Waals surface area contributed by atoms with E-state index in [1.165, 1.54) is 18.9 Å². The summed E-state index contributed by atoms with van der Waals surface area (Å²) in [6.07, 6.45) is 6.60. The minimum absolute atomic E-state index is 0.189. The lowest BCUT2D eigenvalue weighted by Crippen LogP contribution is -2.13. The number of ether oxygens (including phenoxy) is 2. The molecule has 1 heterocycles. The Morgan fingerprint density at radius 1 is 1.26 bits per heavy atom. The molecule has 1 saturated carbocycles. The van der Waals surface area contributed by atoms with E-state index in [0.717, 1.165) is 29.9 Å². The monoisotopic (exact) mass is 332 g/mol. The van der Waals surface area contributed by atoms with E-state index in [4.69, 9.17) is 21.7 Å². The van der Waals surface area contributed by atoms with Crippen LogP contribution in [-0.4, -0.2) is 22.8 Å². The molecule has 122 valence electrons. The van der Waals surface area contributed by atoms with Crippen LogP contribution < -0.4 is 15.0 Å². The standard InChI is InChI=1S/C17H20N2O3S/c1-21-14-7-6-12(10-15(14)22-13-4-2-3-5-13)11-19-9-8-16(20)18-17(19)23/h6-10,13H,2-5,11H2,1H3,(H,18,20,23). The summed E-state index contributed by atoms with van der Waals surface area (Å²) in [5.74, 6) is 1.51. The summed E-state index contributed by atoms with van der Waals surface area (Å²) in [5.41, 5.74) is 0.855. The topological polar surface area (TPSA) is 56.2 Å². The van der Waals surface area contributed by atoms with Gasteiger partial charge in [-0.3, -0.25) is 9.78 Å². The first-order valence-electron chi connectivity index (χ1n) is 7.79. The summed E-state index contributed by atoms with van der Waals surface area (Å²) < 4.78 is 13.7. The average Bonchev–Trinajstić information content (AvgIpc) is 3.03. The molecule has 23 heavy (non-hydrogen) atoms. The third kappa shape index (κ3) is 3.82. The van der Waals surface area contributed by atoms with Gasteiger partial charge in [0.15, 0.2) is 16.3 Å². The van der Waals surface area contributed by atoms with Crippen molar-refractivity contribution in [2.24, 2.45) is 0 Å². The molecule has 1 fully saturated rings. The van der Waals surface area contributed by atoms with E-state index in [1.54, 1.807) is 13.3 Å². The summed E-state index contributed by atoms with van der Waals surface area (Å²) in [5, 5.41) is 0. The molecule has 1 aliphatic rings. The van der Waals surface area contributed by atoms with Crippen LogP contribution in [0.25, 0.3) is 0 Å². The van der Waals surface area contributed by atoms with Gasteiger partial charge in [-0.1, -0.05) is 6.07 Å². The zero-order chi connectivity index (χ0) is 16.2. The van der Waals surface area contributed by atoms with Gasteiger partial charge in [-0.15, -0.1) is 0 Å². The van der Waals surface area contributed by atoms with E-state index in [1.807, 2.05) is 22.8 Å². The highest BCUT2D eigenvalue weighted by molar-refractivity contribution is 7.71. The van der Waals surface area contributed by atoms with Gasteiger partial charge in [-0.2, -0.15) is 0 Å². The number of hydrogen-bond acceptors (Lipinski definition) is 4. The Balaban J connectivity index is 1.84. The van der Waals surface area contributed by atoms with Crippen LogP contribution in [0.4, 0.5) is 0 Å². The molecule has 0 bridgehead atoms. The van der Waals surface area contributed by atoms with Gasteiger partial charge in [0.05, 0.1) is 13.2 Å². The second-order valence-electron chi connectivity index (χ2n) is 5.75. The zero-order valence-corrected chi connectivity index (χ0v) is 13.9. The quantitative estimate of drug-likeness (QED) is 0.854. The predicted molar refractivity (Wildman–Crippen MR) is 90.9 cm³/mol. The highest BCUT2D eigenvalue weighted by Crippen LogP contribution is 2.32. The Morgan fingerprint density at radius 2 is 2.04 bits per heavy atom. The first-order chi connectivity index (χ1) is 11.2.